The number of rotatable bonds is 6. The fourth-order valence-electron chi connectivity index (χ4n) is 3.50. The maximum Gasteiger partial charge on any atom is 0.222 e. The second-order valence-corrected chi connectivity index (χ2v) is 6.87. The molecule has 4 heteroatoms. The Hall–Kier alpha value is -1.84. The Bertz CT molecular complexity index is 548. The fraction of sp³-hybridized carbons (Fsp3) is 0.600. The Balaban J connectivity index is 1.80. The van der Waals surface area contributed by atoms with Gasteiger partial charge in [0.15, 0.2) is 0 Å². The summed E-state index contributed by atoms with van der Waals surface area (Å²) in [7, 11) is 0. The summed E-state index contributed by atoms with van der Waals surface area (Å²) in [5, 5.41) is 2.96. The molecule has 24 heavy (non-hydrogen) atoms. The van der Waals surface area contributed by atoms with Crippen molar-refractivity contribution >= 4 is 11.8 Å². The van der Waals surface area contributed by atoms with Gasteiger partial charge in [0.1, 0.15) is 0 Å². The van der Waals surface area contributed by atoms with Gasteiger partial charge in [0.2, 0.25) is 11.8 Å². The largest absolute Gasteiger partial charge is 0.352 e. The first-order valence-corrected chi connectivity index (χ1v) is 9.15. The quantitative estimate of drug-likeness (QED) is 0.811. The van der Waals surface area contributed by atoms with E-state index in [0.29, 0.717) is 25.6 Å². The van der Waals surface area contributed by atoms with Gasteiger partial charge >= 0.3 is 0 Å². The van der Waals surface area contributed by atoms with Crippen LogP contribution >= 0.6 is 0 Å². The molecule has 0 heterocycles. The Morgan fingerprint density at radius 2 is 1.88 bits per heavy atom. The Labute approximate surface area is 145 Å². The van der Waals surface area contributed by atoms with Gasteiger partial charge in [-0.15, -0.1) is 0 Å². The summed E-state index contributed by atoms with van der Waals surface area (Å²) in [5.74, 6) is 0.102. The van der Waals surface area contributed by atoms with Gasteiger partial charge in [0, 0.05) is 32.5 Å². The van der Waals surface area contributed by atoms with E-state index >= 15 is 0 Å². The summed E-state index contributed by atoms with van der Waals surface area (Å²) in [5.41, 5.74) is 2.30. The van der Waals surface area contributed by atoms with Crippen molar-refractivity contribution in [1.29, 1.82) is 0 Å². The fourth-order valence-corrected chi connectivity index (χ4v) is 3.50. The van der Waals surface area contributed by atoms with Gasteiger partial charge in [-0.25, -0.2) is 0 Å². The molecule has 0 spiro atoms. The van der Waals surface area contributed by atoms with E-state index in [0.717, 1.165) is 18.4 Å². The van der Waals surface area contributed by atoms with Gasteiger partial charge in [-0.2, -0.15) is 0 Å². The first-order chi connectivity index (χ1) is 11.6. The minimum atomic E-state index is 0.0105. The monoisotopic (exact) mass is 330 g/mol. The number of hydrogen-bond donors (Lipinski definition) is 1. The molecule has 132 valence electrons. The number of benzene rings is 1. The molecule has 1 fully saturated rings. The van der Waals surface area contributed by atoms with E-state index in [9.17, 15) is 9.59 Å². The summed E-state index contributed by atoms with van der Waals surface area (Å²) < 4.78 is 0. The van der Waals surface area contributed by atoms with E-state index in [1.54, 1.807) is 6.92 Å². The van der Waals surface area contributed by atoms with Crippen LogP contribution in [0.1, 0.15) is 63.0 Å². The van der Waals surface area contributed by atoms with Crippen molar-refractivity contribution in [3.05, 3.63) is 35.4 Å². The highest BCUT2D eigenvalue weighted by Gasteiger charge is 2.22. The third kappa shape index (κ3) is 5.99. The molecule has 1 N–H and O–H groups in total. The van der Waals surface area contributed by atoms with Crippen LogP contribution < -0.4 is 5.32 Å². The highest BCUT2D eigenvalue weighted by molar-refractivity contribution is 5.78. The minimum Gasteiger partial charge on any atom is -0.352 e. The maximum atomic E-state index is 12.1. The lowest BCUT2D eigenvalue weighted by atomic mass is 10.1. The zero-order valence-corrected chi connectivity index (χ0v) is 15.0. The Kier molecular flexibility index (Phi) is 7.29. The predicted octanol–water partition coefficient (Wildman–Crippen LogP) is 3.57. The number of aryl methyl sites for hydroxylation is 1. The van der Waals surface area contributed by atoms with Crippen molar-refractivity contribution < 1.29 is 9.59 Å². The van der Waals surface area contributed by atoms with Gasteiger partial charge in [-0.1, -0.05) is 55.5 Å². The first kappa shape index (κ1) is 18.5. The highest BCUT2D eigenvalue weighted by Crippen LogP contribution is 2.22. The summed E-state index contributed by atoms with van der Waals surface area (Å²) >= 11 is 0. The molecule has 0 aliphatic heterocycles. The molecule has 4 nitrogen and oxygen atoms in total. The topological polar surface area (TPSA) is 49.4 Å². The average molecular weight is 330 g/mol. The second-order valence-electron chi connectivity index (χ2n) is 6.87. The lowest BCUT2D eigenvalue weighted by Gasteiger charge is -2.30. The molecule has 0 saturated heterocycles. The minimum absolute atomic E-state index is 0.0105. The third-order valence-electron chi connectivity index (χ3n) is 4.82. The molecule has 0 unspecified atom stereocenters. The van der Waals surface area contributed by atoms with E-state index in [-0.39, 0.29) is 11.8 Å². The number of hydrogen-bond acceptors (Lipinski definition) is 2. The summed E-state index contributed by atoms with van der Waals surface area (Å²) in [6.07, 6.45) is 7.43. The summed E-state index contributed by atoms with van der Waals surface area (Å²) in [6, 6.07) is 8.45. The first-order valence-electron chi connectivity index (χ1n) is 9.15. The normalized spacial score (nSPS) is 15.6. The Morgan fingerprint density at radius 1 is 1.17 bits per heavy atom. The van der Waals surface area contributed by atoms with Crippen molar-refractivity contribution in [2.75, 3.05) is 6.54 Å². The number of nitrogens with zero attached hydrogens (tertiary/aromatic N) is 1. The Morgan fingerprint density at radius 3 is 2.50 bits per heavy atom. The smallest absolute Gasteiger partial charge is 0.222 e. The van der Waals surface area contributed by atoms with Crippen LogP contribution in [0.5, 0.6) is 0 Å². The van der Waals surface area contributed by atoms with Crippen molar-refractivity contribution in [3.8, 4) is 0 Å². The molecule has 0 atom stereocenters. The molecule has 1 saturated carbocycles. The molecule has 1 aromatic rings. The molecule has 1 aromatic carbocycles. The van der Waals surface area contributed by atoms with Crippen LogP contribution in [0.3, 0.4) is 0 Å². The maximum absolute atomic E-state index is 12.1. The zero-order chi connectivity index (χ0) is 17.4. The number of carbonyl (C=O) groups is 2. The van der Waals surface area contributed by atoms with E-state index in [4.69, 9.17) is 0 Å². The van der Waals surface area contributed by atoms with Crippen LogP contribution in [-0.4, -0.2) is 29.3 Å². The molecule has 0 radical (unpaired) electrons. The average Bonchev–Trinajstić information content (AvgIpc) is 2.82. The second kappa shape index (κ2) is 9.45. The lowest BCUT2D eigenvalue weighted by Crippen LogP contribution is -2.41. The van der Waals surface area contributed by atoms with E-state index in [2.05, 4.69) is 11.4 Å². The molecule has 2 rings (SSSR count). The third-order valence-corrected chi connectivity index (χ3v) is 4.82. The SMILES string of the molecule is CC(=O)N(CCC(=O)NCc1cccc(C)c1)C1CCCCCC1. The van der Waals surface area contributed by atoms with Gasteiger partial charge in [-0.3, -0.25) is 9.59 Å². The molecular formula is C20H30N2O2. The van der Waals surface area contributed by atoms with E-state index in [1.165, 1.54) is 31.2 Å². The van der Waals surface area contributed by atoms with Crippen LogP contribution in [0, 0.1) is 6.92 Å². The molecule has 0 aromatic heterocycles. The zero-order valence-electron chi connectivity index (χ0n) is 15.0. The number of amides is 2. The molecule has 1 aliphatic rings. The number of carbonyl (C=O) groups excluding carboxylic acids is 2. The summed E-state index contributed by atoms with van der Waals surface area (Å²) in [4.78, 5) is 26.0. The molecular weight excluding hydrogens is 300 g/mol. The van der Waals surface area contributed by atoms with Crippen LogP contribution in [0.25, 0.3) is 0 Å². The van der Waals surface area contributed by atoms with Crippen LogP contribution in [0.15, 0.2) is 24.3 Å². The van der Waals surface area contributed by atoms with Gasteiger partial charge in [0.25, 0.3) is 0 Å². The van der Waals surface area contributed by atoms with Gasteiger partial charge in [0.05, 0.1) is 0 Å². The van der Waals surface area contributed by atoms with E-state index < -0.39 is 0 Å². The molecule has 0 bridgehead atoms. The van der Waals surface area contributed by atoms with Crippen molar-refractivity contribution in [2.45, 2.75) is 71.4 Å². The molecule has 2 amide bonds. The highest BCUT2D eigenvalue weighted by atomic mass is 16.2. The van der Waals surface area contributed by atoms with Crippen LogP contribution in [-0.2, 0) is 16.1 Å². The van der Waals surface area contributed by atoms with Crippen molar-refractivity contribution in [3.63, 3.8) is 0 Å². The van der Waals surface area contributed by atoms with Crippen LogP contribution in [0.2, 0.25) is 0 Å². The number of nitrogens with one attached hydrogen (secondary N) is 1. The van der Waals surface area contributed by atoms with Gasteiger partial charge in [-0.05, 0) is 25.3 Å². The van der Waals surface area contributed by atoms with Gasteiger partial charge < -0.3 is 10.2 Å². The molecule has 1 aliphatic carbocycles. The van der Waals surface area contributed by atoms with Crippen molar-refractivity contribution in [1.82, 2.24) is 10.2 Å². The summed E-state index contributed by atoms with van der Waals surface area (Å²) in [6.45, 7) is 4.74. The van der Waals surface area contributed by atoms with E-state index in [1.807, 2.05) is 30.0 Å². The van der Waals surface area contributed by atoms with Crippen molar-refractivity contribution in [2.24, 2.45) is 0 Å². The van der Waals surface area contributed by atoms with Crippen LogP contribution in [0.4, 0.5) is 0 Å². The lowest BCUT2D eigenvalue weighted by molar-refractivity contribution is -0.132. The standard InChI is InChI=1S/C20H30N2O2/c1-16-8-7-9-18(14-16)15-21-20(24)12-13-22(17(2)23)19-10-5-3-4-6-11-19/h7-9,14,19H,3-6,10-13,15H2,1-2H3,(H,21,24). The predicted molar refractivity (Wildman–Crippen MR) is 96.5 cm³/mol.